The summed E-state index contributed by atoms with van der Waals surface area (Å²) in [7, 11) is 1.64. The van der Waals surface area contributed by atoms with Crippen molar-refractivity contribution in [2.45, 2.75) is 25.8 Å². The molecule has 0 aliphatic heterocycles. The van der Waals surface area contributed by atoms with Gasteiger partial charge in [-0.05, 0) is 26.0 Å². The number of nitrogens with one attached hydrogen (secondary N) is 1. The second kappa shape index (κ2) is 5.53. The Hall–Kier alpha value is -2.04. The van der Waals surface area contributed by atoms with Crippen LogP contribution in [-0.2, 0) is 4.79 Å². The van der Waals surface area contributed by atoms with Crippen molar-refractivity contribution in [3.63, 3.8) is 0 Å². The average molecular weight is 250 g/mol. The third-order valence-electron chi connectivity index (χ3n) is 2.49. The van der Waals surface area contributed by atoms with E-state index >= 15 is 0 Å². The molecule has 1 aromatic carbocycles. The number of urea groups is 1. The SMILES string of the molecule is CN(C(=O)NC(C)(C)CC(=O)O)c1ccccc1. The molecule has 2 N–H and O–H groups in total. The number of para-hydroxylation sites is 1. The number of anilines is 1. The van der Waals surface area contributed by atoms with Gasteiger partial charge in [-0.2, -0.15) is 0 Å². The number of hydrogen-bond donors (Lipinski definition) is 2. The number of benzene rings is 1. The lowest BCUT2D eigenvalue weighted by Crippen LogP contribution is -2.50. The topological polar surface area (TPSA) is 69.6 Å². The zero-order chi connectivity index (χ0) is 13.8. The lowest BCUT2D eigenvalue weighted by molar-refractivity contribution is -0.138. The highest BCUT2D eigenvalue weighted by molar-refractivity contribution is 5.92. The number of carbonyl (C=O) groups excluding carboxylic acids is 1. The number of carboxylic acids is 1. The summed E-state index contributed by atoms with van der Waals surface area (Å²) in [5.41, 5.74) is -0.0347. The van der Waals surface area contributed by atoms with Gasteiger partial charge < -0.3 is 10.4 Å². The molecule has 0 unspecified atom stereocenters. The summed E-state index contributed by atoms with van der Waals surface area (Å²) in [6, 6.07) is 8.83. The van der Waals surface area contributed by atoms with E-state index in [0.717, 1.165) is 5.69 Å². The first-order valence-electron chi connectivity index (χ1n) is 5.64. The molecule has 0 fully saturated rings. The maximum atomic E-state index is 12.0. The molecule has 0 atom stereocenters. The highest BCUT2D eigenvalue weighted by atomic mass is 16.4. The van der Waals surface area contributed by atoms with E-state index < -0.39 is 11.5 Å². The minimum atomic E-state index is -0.942. The summed E-state index contributed by atoms with van der Waals surface area (Å²) >= 11 is 0. The molecule has 0 aromatic heterocycles. The van der Waals surface area contributed by atoms with Crippen LogP contribution in [0.15, 0.2) is 30.3 Å². The van der Waals surface area contributed by atoms with E-state index in [1.54, 1.807) is 20.9 Å². The molecule has 1 aromatic rings. The largest absolute Gasteiger partial charge is 0.481 e. The van der Waals surface area contributed by atoms with Gasteiger partial charge in [-0.15, -0.1) is 0 Å². The predicted molar refractivity (Wildman–Crippen MR) is 69.7 cm³/mol. The second-order valence-electron chi connectivity index (χ2n) is 4.78. The van der Waals surface area contributed by atoms with Gasteiger partial charge in [0.2, 0.25) is 0 Å². The van der Waals surface area contributed by atoms with E-state index in [4.69, 9.17) is 5.11 Å². The summed E-state index contributed by atoms with van der Waals surface area (Å²) < 4.78 is 0. The fourth-order valence-corrected chi connectivity index (χ4v) is 1.56. The summed E-state index contributed by atoms with van der Waals surface area (Å²) in [6.45, 7) is 3.36. The Morgan fingerprint density at radius 2 is 1.83 bits per heavy atom. The normalized spacial score (nSPS) is 10.8. The first kappa shape index (κ1) is 14.0. The molecule has 1 rings (SSSR count). The maximum Gasteiger partial charge on any atom is 0.322 e. The Balaban J connectivity index is 2.68. The van der Waals surface area contributed by atoms with Crippen LogP contribution in [0.1, 0.15) is 20.3 Å². The Morgan fingerprint density at radius 3 is 2.33 bits per heavy atom. The van der Waals surface area contributed by atoms with Crippen molar-refractivity contribution >= 4 is 17.7 Å². The van der Waals surface area contributed by atoms with Crippen molar-refractivity contribution in [3.05, 3.63) is 30.3 Å². The lowest BCUT2D eigenvalue weighted by atomic mass is 10.0. The number of rotatable bonds is 4. The molecule has 5 nitrogen and oxygen atoms in total. The Morgan fingerprint density at radius 1 is 1.28 bits per heavy atom. The van der Waals surface area contributed by atoms with Crippen LogP contribution < -0.4 is 10.2 Å². The average Bonchev–Trinajstić information content (AvgIpc) is 2.26. The first-order valence-corrected chi connectivity index (χ1v) is 5.64. The van der Waals surface area contributed by atoms with E-state index in [1.165, 1.54) is 4.90 Å². The van der Waals surface area contributed by atoms with Gasteiger partial charge in [-0.25, -0.2) is 4.79 Å². The molecule has 0 heterocycles. The van der Waals surface area contributed by atoms with Crippen molar-refractivity contribution in [3.8, 4) is 0 Å². The van der Waals surface area contributed by atoms with Crippen molar-refractivity contribution < 1.29 is 14.7 Å². The van der Waals surface area contributed by atoms with Crippen molar-refractivity contribution in [1.29, 1.82) is 0 Å². The predicted octanol–water partition coefficient (Wildman–Crippen LogP) is 2.09. The van der Waals surface area contributed by atoms with Crippen LogP contribution in [0.2, 0.25) is 0 Å². The van der Waals surface area contributed by atoms with E-state index in [-0.39, 0.29) is 12.5 Å². The quantitative estimate of drug-likeness (QED) is 0.859. The molecule has 0 radical (unpaired) electrons. The number of carboxylic acid groups (broad SMARTS) is 1. The Bertz CT molecular complexity index is 429. The van der Waals surface area contributed by atoms with Crippen LogP contribution in [0.25, 0.3) is 0 Å². The Kier molecular flexibility index (Phi) is 4.31. The molecule has 0 aliphatic rings. The highest BCUT2D eigenvalue weighted by Gasteiger charge is 2.25. The van der Waals surface area contributed by atoms with Crippen LogP contribution in [-0.4, -0.2) is 29.7 Å². The Labute approximate surface area is 106 Å². The molecule has 0 saturated heterocycles. The highest BCUT2D eigenvalue weighted by Crippen LogP contribution is 2.14. The number of amides is 2. The molecule has 0 aliphatic carbocycles. The molecule has 0 saturated carbocycles. The maximum absolute atomic E-state index is 12.0. The molecule has 2 amide bonds. The molecule has 98 valence electrons. The molecule has 0 bridgehead atoms. The number of aliphatic carboxylic acids is 1. The fraction of sp³-hybridized carbons (Fsp3) is 0.385. The smallest absolute Gasteiger partial charge is 0.322 e. The fourth-order valence-electron chi connectivity index (χ4n) is 1.56. The number of carbonyl (C=O) groups is 2. The lowest BCUT2D eigenvalue weighted by Gasteiger charge is -2.28. The monoisotopic (exact) mass is 250 g/mol. The standard InChI is InChI=1S/C13H18N2O3/c1-13(2,9-11(16)17)14-12(18)15(3)10-7-5-4-6-8-10/h4-8H,9H2,1-3H3,(H,14,18)(H,16,17). The zero-order valence-corrected chi connectivity index (χ0v) is 10.8. The molecular formula is C13H18N2O3. The van der Waals surface area contributed by atoms with E-state index in [9.17, 15) is 9.59 Å². The summed E-state index contributed by atoms with van der Waals surface area (Å²) in [6.07, 6.45) is -0.124. The zero-order valence-electron chi connectivity index (χ0n) is 10.8. The minimum absolute atomic E-state index is 0.124. The molecule has 0 spiro atoms. The summed E-state index contributed by atoms with van der Waals surface area (Å²) in [5.74, 6) is -0.942. The number of hydrogen-bond acceptors (Lipinski definition) is 2. The van der Waals surface area contributed by atoms with Gasteiger partial charge in [0.15, 0.2) is 0 Å². The van der Waals surface area contributed by atoms with Crippen LogP contribution >= 0.6 is 0 Å². The van der Waals surface area contributed by atoms with Crippen LogP contribution in [0.4, 0.5) is 10.5 Å². The van der Waals surface area contributed by atoms with Gasteiger partial charge in [0.25, 0.3) is 0 Å². The van der Waals surface area contributed by atoms with Gasteiger partial charge in [0.1, 0.15) is 0 Å². The van der Waals surface area contributed by atoms with Crippen LogP contribution in [0.3, 0.4) is 0 Å². The molecular weight excluding hydrogens is 232 g/mol. The van der Waals surface area contributed by atoms with E-state index in [0.29, 0.717) is 0 Å². The van der Waals surface area contributed by atoms with Gasteiger partial charge in [-0.1, -0.05) is 18.2 Å². The second-order valence-corrected chi connectivity index (χ2v) is 4.78. The molecule has 5 heteroatoms. The van der Waals surface area contributed by atoms with Gasteiger partial charge in [0.05, 0.1) is 6.42 Å². The molecule has 18 heavy (non-hydrogen) atoms. The van der Waals surface area contributed by atoms with Crippen LogP contribution in [0.5, 0.6) is 0 Å². The van der Waals surface area contributed by atoms with E-state index in [2.05, 4.69) is 5.32 Å². The third-order valence-corrected chi connectivity index (χ3v) is 2.49. The van der Waals surface area contributed by atoms with Crippen molar-refractivity contribution in [2.75, 3.05) is 11.9 Å². The van der Waals surface area contributed by atoms with Gasteiger partial charge in [0, 0.05) is 18.3 Å². The number of nitrogens with zero attached hydrogens (tertiary/aromatic N) is 1. The first-order chi connectivity index (χ1) is 8.32. The van der Waals surface area contributed by atoms with Crippen molar-refractivity contribution in [1.82, 2.24) is 5.32 Å². The van der Waals surface area contributed by atoms with Gasteiger partial charge in [-0.3, -0.25) is 9.69 Å². The van der Waals surface area contributed by atoms with E-state index in [1.807, 2.05) is 30.3 Å². The van der Waals surface area contributed by atoms with Crippen molar-refractivity contribution in [2.24, 2.45) is 0 Å². The summed E-state index contributed by atoms with van der Waals surface area (Å²) in [5, 5.41) is 11.4. The van der Waals surface area contributed by atoms with Gasteiger partial charge >= 0.3 is 12.0 Å². The third kappa shape index (κ3) is 4.08. The summed E-state index contributed by atoms with van der Waals surface area (Å²) in [4.78, 5) is 24.1. The minimum Gasteiger partial charge on any atom is -0.481 e. The van der Waals surface area contributed by atoms with Crippen LogP contribution in [0, 0.1) is 0 Å².